The molecule has 0 bridgehead atoms. The Hall–Kier alpha value is -2.56. The standard InChI is InChI=1S/C17H16O5/c1-21-13-8-7-10-5-3-4-6-11(10)14(13)12-9-17(12,15(18)19)16(20)22-2/h3-8,12H,9H2,1-2H3,(H,18,19)/t12-,17+/m0/s1. The molecule has 1 N–H and O–H groups in total. The van der Waals surface area contributed by atoms with E-state index in [-0.39, 0.29) is 6.42 Å². The van der Waals surface area contributed by atoms with E-state index in [2.05, 4.69) is 0 Å². The third-order valence-electron chi connectivity index (χ3n) is 4.39. The van der Waals surface area contributed by atoms with Gasteiger partial charge >= 0.3 is 11.9 Å². The molecule has 0 unspecified atom stereocenters. The van der Waals surface area contributed by atoms with E-state index >= 15 is 0 Å². The van der Waals surface area contributed by atoms with Gasteiger partial charge in [-0.15, -0.1) is 0 Å². The van der Waals surface area contributed by atoms with Crippen molar-refractivity contribution in [3.05, 3.63) is 42.0 Å². The first-order valence-electron chi connectivity index (χ1n) is 6.93. The van der Waals surface area contributed by atoms with Gasteiger partial charge in [-0.3, -0.25) is 9.59 Å². The number of benzene rings is 2. The topological polar surface area (TPSA) is 72.8 Å². The second kappa shape index (κ2) is 5.02. The Morgan fingerprint density at radius 3 is 2.55 bits per heavy atom. The highest BCUT2D eigenvalue weighted by Gasteiger charge is 2.68. The Bertz CT molecular complexity index is 767. The van der Waals surface area contributed by atoms with E-state index in [0.717, 1.165) is 16.3 Å². The fourth-order valence-electron chi connectivity index (χ4n) is 3.16. The zero-order valence-corrected chi connectivity index (χ0v) is 12.3. The number of esters is 1. The normalized spacial score (nSPS) is 23.1. The number of carbonyl (C=O) groups is 2. The van der Waals surface area contributed by atoms with E-state index in [0.29, 0.717) is 5.75 Å². The van der Waals surface area contributed by atoms with Crippen molar-refractivity contribution in [2.45, 2.75) is 12.3 Å². The van der Waals surface area contributed by atoms with Crippen LogP contribution in [-0.4, -0.2) is 31.3 Å². The molecule has 5 heteroatoms. The molecule has 22 heavy (non-hydrogen) atoms. The van der Waals surface area contributed by atoms with Crippen molar-refractivity contribution in [2.75, 3.05) is 14.2 Å². The van der Waals surface area contributed by atoms with Crippen LogP contribution < -0.4 is 4.74 Å². The molecule has 0 heterocycles. The van der Waals surface area contributed by atoms with Crippen molar-refractivity contribution in [1.82, 2.24) is 0 Å². The first kappa shape index (κ1) is 14.4. The van der Waals surface area contributed by atoms with Crippen molar-refractivity contribution in [3.8, 4) is 5.75 Å². The maximum Gasteiger partial charge on any atom is 0.323 e. The van der Waals surface area contributed by atoms with E-state index in [1.807, 2.05) is 30.3 Å². The Morgan fingerprint density at radius 1 is 1.18 bits per heavy atom. The summed E-state index contributed by atoms with van der Waals surface area (Å²) < 4.78 is 10.1. The number of ether oxygens (including phenoxy) is 2. The smallest absolute Gasteiger partial charge is 0.323 e. The first-order valence-corrected chi connectivity index (χ1v) is 6.93. The van der Waals surface area contributed by atoms with Crippen LogP contribution in [0.4, 0.5) is 0 Å². The quantitative estimate of drug-likeness (QED) is 0.694. The minimum Gasteiger partial charge on any atom is -0.496 e. The van der Waals surface area contributed by atoms with Crippen LogP contribution in [0, 0.1) is 5.41 Å². The van der Waals surface area contributed by atoms with E-state index in [9.17, 15) is 14.7 Å². The Morgan fingerprint density at radius 2 is 1.91 bits per heavy atom. The summed E-state index contributed by atoms with van der Waals surface area (Å²) in [5.41, 5.74) is -0.750. The van der Waals surface area contributed by atoms with E-state index < -0.39 is 23.3 Å². The molecule has 1 aliphatic rings. The number of carbonyl (C=O) groups excluding carboxylic acids is 1. The summed E-state index contributed by atoms with van der Waals surface area (Å²) in [5.74, 6) is -1.71. The molecule has 2 aromatic carbocycles. The molecule has 1 saturated carbocycles. The maximum absolute atomic E-state index is 12.0. The third kappa shape index (κ3) is 1.85. The highest BCUT2D eigenvalue weighted by atomic mass is 16.5. The second-order valence-corrected chi connectivity index (χ2v) is 5.43. The molecule has 114 valence electrons. The molecular formula is C17H16O5. The molecule has 0 spiro atoms. The number of hydrogen-bond acceptors (Lipinski definition) is 4. The van der Waals surface area contributed by atoms with Gasteiger partial charge in [0.05, 0.1) is 14.2 Å². The molecule has 0 radical (unpaired) electrons. The summed E-state index contributed by atoms with van der Waals surface area (Å²) in [4.78, 5) is 23.7. The summed E-state index contributed by atoms with van der Waals surface area (Å²) in [6.07, 6.45) is 0.222. The molecule has 0 saturated heterocycles. The van der Waals surface area contributed by atoms with Crippen LogP contribution >= 0.6 is 0 Å². The van der Waals surface area contributed by atoms with Crippen LogP contribution in [-0.2, 0) is 14.3 Å². The molecule has 2 atom stereocenters. The highest BCUT2D eigenvalue weighted by molar-refractivity contribution is 6.05. The molecule has 3 rings (SSSR count). The first-order chi connectivity index (χ1) is 10.6. The van der Waals surface area contributed by atoms with E-state index in [1.54, 1.807) is 6.07 Å². The molecule has 1 fully saturated rings. The fourth-order valence-corrected chi connectivity index (χ4v) is 3.16. The van der Waals surface area contributed by atoms with Crippen LogP contribution in [0.5, 0.6) is 5.75 Å². The van der Waals surface area contributed by atoms with Gasteiger partial charge in [0.25, 0.3) is 0 Å². The Kier molecular flexibility index (Phi) is 3.28. The number of methoxy groups -OCH3 is 2. The highest BCUT2D eigenvalue weighted by Crippen LogP contribution is 2.63. The number of rotatable bonds is 4. The molecule has 0 aliphatic heterocycles. The van der Waals surface area contributed by atoms with Crippen molar-refractivity contribution in [1.29, 1.82) is 0 Å². The summed E-state index contributed by atoms with van der Waals surface area (Å²) in [6.45, 7) is 0. The summed E-state index contributed by atoms with van der Waals surface area (Å²) >= 11 is 0. The maximum atomic E-state index is 12.0. The summed E-state index contributed by atoms with van der Waals surface area (Å²) in [6, 6.07) is 11.4. The zero-order valence-electron chi connectivity index (χ0n) is 12.3. The second-order valence-electron chi connectivity index (χ2n) is 5.43. The van der Waals surface area contributed by atoms with Gasteiger partial charge in [-0.25, -0.2) is 0 Å². The van der Waals surface area contributed by atoms with Gasteiger partial charge < -0.3 is 14.6 Å². The van der Waals surface area contributed by atoms with Crippen molar-refractivity contribution in [2.24, 2.45) is 5.41 Å². The summed E-state index contributed by atoms with van der Waals surface area (Å²) in [5, 5.41) is 11.4. The van der Waals surface area contributed by atoms with Gasteiger partial charge in [-0.2, -0.15) is 0 Å². The van der Waals surface area contributed by atoms with E-state index in [4.69, 9.17) is 9.47 Å². The molecule has 0 aromatic heterocycles. The van der Waals surface area contributed by atoms with Crippen molar-refractivity contribution in [3.63, 3.8) is 0 Å². The zero-order chi connectivity index (χ0) is 15.9. The average molecular weight is 300 g/mol. The molecule has 1 aliphatic carbocycles. The predicted molar refractivity (Wildman–Crippen MR) is 79.9 cm³/mol. The minimum absolute atomic E-state index is 0.222. The monoisotopic (exact) mass is 300 g/mol. The van der Waals surface area contributed by atoms with E-state index in [1.165, 1.54) is 14.2 Å². The van der Waals surface area contributed by atoms with Crippen molar-refractivity contribution < 1.29 is 24.2 Å². The van der Waals surface area contributed by atoms with Gasteiger partial charge in [0.1, 0.15) is 5.75 Å². The third-order valence-corrected chi connectivity index (χ3v) is 4.39. The lowest BCUT2D eigenvalue weighted by Gasteiger charge is -2.15. The lowest BCUT2D eigenvalue weighted by molar-refractivity contribution is -0.159. The molecular weight excluding hydrogens is 284 g/mol. The largest absolute Gasteiger partial charge is 0.496 e. The predicted octanol–water partition coefficient (Wildman–Crippen LogP) is 2.58. The Labute approximate surface area is 127 Å². The average Bonchev–Trinajstić information content (AvgIpc) is 3.29. The Balaban J connectivity index is 2.19. The van der Waals surface area contributed by atoms with Crippen LogP contribution in [0.25, 0.3) is 10.8 Å². The van der Waals surface area contributed by atoms with Gasteiger partial charge in [-0.1, -0.05) is 30.3 Å². The minimum atomic E-state index is -1.51. The van der Waals surface area contributed by atoms with Crippen LogP contribution in [0.1, 0.15) is 17.9 Å². The fraction of sp³-hybridized carbons (Fsp3) is 0.294. The number of carboxylic acids is 1. The molecule has 0 amide bonds. The van der Waals surface area contributed by atoms with Gasteiger partial charge in [-0.05, 0) is 23.3 Å². The lowest BCUT2D eigenvalue weighted by atomic mass is 9.94. The number of aliphatic carboxylic acids is 1. The number of carboxylic acid groups (broad SMARTS) is 1. The van der Waals surface area contributed by atoms with Crippen LogP contribution in [0.15, 0.2) is 36.4 Å². The van der Waals surface area contributed by atoms with Crippen LogP contribution in [0.3, 0.4) is 0 Å². The van der Waals surface area contributed by atoms with Crippen molar-refractivity contribution >= 4 is 22.7 Å². The number of fused-ring (bicyclic) bond motifs is 1. The van der Waals surface area contributed by atoms with Gasteiger partial charge in [0, 0.05) is 11.5 Å². The molecule has 2 aromatic rings. The van der Waals surface area contributed by atoms with Crippen LogP contribution in [0.2, 0.25) is 0 Å². The summed E-state index contributed by atoms with van der Waals surface area (Å²) in [7, 11) is 2.75. The van der Waals surface area contributed by atoms with Gasteiger partial charge in [0.2, 0.25) is 0 Å². The molecule has 5 nitrogen and oxygen atoms in total. The SMILES string of the molecule is COC(=O)[C@]1(C(=O)O)C[C@H]1c1c(OC)ccc2ccccc12. The number of hydrogen-bond donors (Lipinski definition) is 1. The lowest BCUT2D eigenvalue weighted by Crippen LogP contribution is -2.28. The van der Waals surface area contributed by atoms with Gasteiger partial charge in [0.15, 0.2) is 5.41 Å².